The summed E-state index contributed by atoms with van der Waals surface area (Å²) in [5.74, 6) is 0. The summed E-state index contributed by atoms with van der Waals surface area (Å²) in [4.78, 5) is 4.64. The van der Waals surface area contributed by atoms with Crippen LogP contribution < -0.4 is 0 Å². The van der Waals surface area contributed by atoms with E-state index in [9.17, 15) is 5.11 Å². The Balaban J connectivity index is 1.42. The number of rotatable bonds is 5. The Morgan fingerprint density at radius 2 is 1.70 bits per heavy atom. The van der Waals surface area contributed by atoms with E-state index in [-0.39, 0.29) is 18.3 Å². The lowest BCUT2D eigenvalue weighted by Gasteiger charge is -2.42. The van der Waals surface area contributed by atoms with Gasteiger partial charge in [0.15, 0.2) is 0 Å². The summed E-state index contributed by atoms with van der Waals surface area (Å²) in [7, 11) is 0. The Morgan fingerprint density at radius 1 is 1.13 bits per heavy atom. The highest BCUT2D eigenvalue weighted by atomic mass is 16.5. The second kappa shape index (κ2) is 6.89. The first-order valence-corrected chi connectivity index (χ1v) is 8.71. The maximum Gasteiger partial charge on any atom is 0.0793 e. The van der Waals surface area contributed by atoms with Crippen LogP contribution in [0.2, 0.25) is 0 Å². The molecule has 1 N–H and O–H groups in total. The minimum atomic E-state index is -0.297. The van der Waals surface area contributed by atoms with Crippen molar-refractivity contribution in [1.29, 1.82) is 0 Å². The normalized spacial score (nSPS) is 28.7. The van der Waals surface area contributed by atoms with Crippen molar-refractivity contribution in [2.75, 3.05) is 39.3 Å². The largest absolute Gasteiger partial charge is 0.390 e. The van der Waals surface area contributed by atoms with E-state index < -0.39 is 0 Å². The van der Waals surface area contributed by atoms with Gasteiger partial charge in [0.1, 0.15) is 0 Å². The van der Waals surface area contributed by atoms with Gasteiger partial charge in [-0.15, -0.1) is 0 Å². The van der Waals surface area contributed by atoms with Crippen LogP contribution in [0.4, 0.5) is 0 Å². The minimum absolute atomic E-state index is 0.255. The molecule has 0 unspecified atom stereocenters. The van der Waals surface area contributed by atoms with Crippen molar-refractivity contribution in [1.82, 2.24) is 19.6 Å². The number of nitrogens with zero attached hydrogens (tertiary/aromatic N) is 4. The molecule has 0 aliphatic carbocycles. The average molecular weight is 322 g/mol. The lowest BCUT2D eigenvalue weighted by Crippen LogP contribution is -2.54. The second-order valence-corrected chi connectivity index (χ2v) is 7.37. The Labute approximate surface area is 139 Å². The highest BCUT2D eigenvalue weighted by Crippen LogP contribution is 2.23. The van der Waals surface area contributed by atoms with E-state index in [1.165, 1.54) is 5.69 Å². The van der Waals surface area contributed by atoms with Crippen LogP contribution in [-0.2, 0) is 4.74 Å². The fourth-order valence-corrected chi connectivity index (χ4v) is 3.95. The number of hydrogen-bond donors (Lipinski definition) is 1. The summed E-state index contributed by atoms with van der Waals surface area (Å²) in [5, 5.41) is 14.9. The third-order valence-corrected chi connectivity index (χ3v) is 4.76. The van der Waals surface area contributed by atoms with Crippen molar-refractivity contribution in [2.24, 2.45) is 0 Å². The van der Waals surface area contributed by atoms with Crippen LogP contribution in [0.25, 0.3) is 0 Å². The molecule has 1 aromatic rings. The Kier molecular flexibility index (Phi) is 5.06. The zero-order valence-corrected chi connectivity index (χ0v) is 14.8. The van der Waals surface area contributed by atoms with Gasteiger partial charge in [-0.05, 0) is 33.8 Å². The molecule has 0 saturated carbocycles. The van der Waals surface area contributed by atoms with Crippen LogP contribution in [-0.4, -0.2) is 82.3 Å². The molecule has 1 aromatic heterocycles. The standard InChI is InChI=1S/C17H30N4O2/c1-12-5-13(2)21(18-12)16-8-20(9-16)11-17(22)10-19-6-14(3)23-15(4)7-19/h5,14-17,22H,6-11H2,1-4H3/t14-,15+,17-/m1/s1. The lowest BCUT2D eigenvalue weighted by molar-refractivity contribution is -0.0798. The molecule has 0 bridgehead atoms. The summed E-state index contributed by atoms with van der Waals surface area (Å²) in [5.41, 5.74) is 2.31. The second-order valence-electron chi connectivity index (χ2n) is 7.37. The van der Waals surface area contributed by atoms with Crippen molar-refractivity contribution in [2.45, 2.75) is 52.0 Å². The van der Waals surface area contributed by atoms with Crippen LogP contribution in [0, 0.1) is 13.8 Å². The Bertz CT molecular complexity index is 517. The fraction of sp³-hybridized carbons (Fsp3) is 0.824. The highest BCUT2D eigenvalue weighted by molar-refractivity contribution is 5.09. The molecule has 0 aromatic carbocycles. The summed E-state index contributed by atoms with van der Waals surface area (Å²) in [6.45, 7) is 13.6. The number of β-amino-alcohol motifs (C(OH)–C–C–N with tert-alkyl or cyclic N) is 1. The third-order valence-electron chi connectivity index (χ3n) is 4.76. The fourth-order valence-electron chi connectivity index (χ4n) is 3.95. The van der Waals surface area contributed by atoms with Crippen molar-refractivity contribution in [3.63, 3.8) is 0 Å². The average Bonchev–Trinajstić information content (AvgIpc) is 2.70. The molecular formula is C17H30N4O2. The molecular weight excluding hydrogens is 292 g/mol. The summed E-state index contributed by atoms with van der Waals surface area (Å²) in [6, 6.07) is 2.58. The maximum absolute atomic E-state index is 10.4. The van der Waals surface area contributed by atoms with Gasteiger partial charge < -0.3 is 9.84 Å². The summed E-state index contributed by atoms with van der Waals surface area (Å²) < 4.78 is 7.87. The van der Waals surface area contributed by atoms with E-state index in [4.69, 9.17) is 4.74 Å². The molecule has 2 aliphatic heterocycles. The molecule has 0 radical (unpaired) electrons. The predicted molar refractivity (Wildman–Crippen MR) is 89.6 cm³/mol. The highest BCUT2D eigenvalue weighted by Gasteiger charge is 2.32. The molecule has 6 nitrogen and oxygen atoms in total. The van der Waals surface area contributed by atoms with Crippen LogP contribution in [0.3, 0.4) is 0 Å². The molecule has 3 heterocycles. The molecule has 2 fully saturated rings. The van der Waals surface area contributed by atoms with Crippen LogP contribution in [0.1, 0.15) is 31.3 Å². The molecule has 23 heavy (non-hydrogen) atoms. The number of hydrogen-bond acceptors (Lipinski definition) is 5. The maximum atomic E-state index is 10.4. The van der Waals surface area contributed by atoms with Crippen molar-refractivity contribution in [3.8, 4) is 0 Å². The van der Waals surface area contributed by atoms with E-state index in [1.54, 1.807) is 0 Å². The van der Waals surface area contributed by atoms with E-state index in [1.807, 2.05) is 6.92 Å². The Morgan fingerprint density at radius 3 is 2.22 bits per heavy atom. The van der Waals surface area contributed by atoms with Crippen molar-refractivity contribution < 1.29 is 9.84 Å². The van der Waals surface area contributed by atoms with Gasteiger partial charge in [0, 0.05) is 45.0 Å². The van der Waals surface area contributed by atoms with Gasteiger partial charge >= 0.3 is 0 Å². The first-order valence-electron chi connectivity index (χ1n) is 8.71. The number of ether oxygens (including phenoxy) is 1. The number of likely N-dealkylation sites (tertiary alicyclic amines) is 1. The molecule has 2 saturated heterocycles. The SMILES string of the molecule is Cc1cc(C)n(C2CN(C[C@H](O)CN3C[C@@H](C)O[C@@H](C)C3)C2)n1. The zero-order chi connectivity index (χ0) is 16.6. The number of aryl methyl sites for hydroxylation is 2. The van der Waals surface area contributed by atoms with Gasteiger partial charge in [0.2, 0.25) is 0 Å². The smallest absolute Gasteiger partial charge is 0.0793 e. The summed E-state index contributed by atoms with van der Waals surface area (Å²) in [6.07, 6.45) is 0.213. The Hall–Kier alpha value is -0.950. The number of aliphatic hydroxyl groups excluding tert-OH is 1. The van der Waals surface area contributed by atoms with Gasteiger partial charge in [0.25, 0.3) is 0 Å². The lowest BCUT2D eigenvalue weighted by atomic mass is 10.1. The first-order chi connectivity index (χ1) is 10.9. The molecule has 2 aliphatic rings. The first kappa shape index (κ1) is 16.9. The van der Waals surface area contributed by atoms with E-state index in [0.717, 1.165) is 45.0 Å². The van der Waals surface area contributed by atoms with Gasteiger partial charge in [-0.25, -0.2) is 0 Å². The van der Waals surface area contributed by atoms with Gasteiger partial charge in [0.05, 0.1) is 30.0 Å². The van der Waals surface area contributed by atoms with Crippen LogP contribution >= 0.6 is 0 Å². The van der Waals surface area contributed by atoms with E-state index >= 15 is 0 Å². The third kappa shape index (κ3) is 4.12. The van der Waals surface area contributed by atoms with Gasteiger partial charge in [-0.1, -0.05) is 0 Å². The predicted octanol–water partition coefficient (Wildman–Crippen LogP) is 0.827. The van der Waals surface area contributed by atoms with E-state index in [2.05, 4.69) is 46.4 Å². The quantitative estimate of drug-likeness (QED) is 0.870. The van der Waals surface area contributed by atoms with Crippen LogP contribution in [0.5, 0.6) is 0 Å². The molecule has 0 amide bonds. The van der Waals surface area contributed by atoms with Crippen molar-refractivity contribution in [3.05, 3.63) is 17.5 Å². The van der Waals surface area contributed by atoms with E-state index in [0.29, 0.717) is 6.04 Å². The van der Waals surface area contributed by atoms with Crippen LogP contribution in [0.15, 0.2) is 6.07 Å². The monoisotopic (exact) mass is 322 g/mol. The summed E-state index contributed by atoms with van der Waals surface area (Å²) >= 11 is 0. The van der Waals surface area contributed by atoms with Gasteiger partial charge in [-0.2, -0.15) is 5.10 Å². The molecule has 0 spiro atoms. The number of aromatic nitrogens is 2. The zero-order valence-electron chi connectivity index (χ0n) is 14.8. The number of morpholine rings is 1. The molecule has 130 valence electrons. The van der Waals surface area contributed by atoms with Gasteiger partial charge in [-0.3, -0.25) is 14.5 Å². The molecule has 3 atom stereocenters. The molecule has 3 rings (SSSR count). The topological polar surface area (TPSA) is 53.8 Å². The molecule has 6 heteroatoms. The number of aliphatic hydroxyl groups is 1. The minimum Gasteiger partial charge on any atom is -0.390 e. The van der Waals surface area contributed by atoms with Crippen molar-refractivity contribution >= 4 is 0 Å².